The number of nitrogens with one attached hydrogen (secondary N) is 2. The van der Waals surface area contributed by atoms with E-state index >= 15 is 0 Å². The zero-order valence-electron chi connectivity index (χ0n) is 19.0. The average molecular weight is 479 g/mol. The van der Waals surface area contributed by atoms with E-state index in [1.807, 2.05) is 42.5 Å². The van der Waals surface area contributed by atoms with Crippen LogP contribution in [0.5, 0.6) is 0 Å². The van der Waals surface area contributed by atoms with Crippen molar-refractivity contribution in [2.45, 2.75) is 19.4 Å². The Kier molecular flexibility index (Phi) is 7.33. The summed E-state index contributed by atoms with van der Waals surface area (Å²) in [5.74, 6) is -0.398. The Labute approximate surface area is 203 Å². The molecule has 1 saturated heterocycles. The van der Waals surface area contributed by atoms with Gasteiger partial charge in [-0.05, 0) is 28.5 Å². The third-order valence-electron chi connectivity index (χ3n) is 5.97. The number of fused-ring (bicyclic) bond motifs is 1. The van der Waals surface area contributed by atoms with Crippen molar-refractivity contribution in [3.63, 3.8) is 0 Å². The number of para-hydroxylation sites is 1. The van der Waals surface area contributed by atoms with Crippen LogP contribution in [0.2, 0.25) is 5.02 Å². The molecule has 8 heteroatoms. The van der Waals surface area contributed by atoms with Gasteiger partial charge in [-0.3, -0.25) is 9.59 Å². The second-order valence-electron chi connectivity index (χ2n) is 8.32. The Morgan fingerprint density at radius 3 is 2.26 bits per heavy atom. The largest absolute Gasteiger partial charge is 0.344 e. The number of anilines is 1. The molecule has 1 unspecified atom stereocenters. The lowest BCUT2D eigenvalue weighted by molar-refractivity contribution is -0.137. The highest BCUT2D eigenvalue weighted by molar-refractivity contribution is 6.33. The van der Waals surface area contributed by atoms with Crippen LogP contribution in [-0.2, 0) is 16.0 Å². The van der Waals surface area contributed by atoms with E-state index in [0.29, 0.717) is 43.3 Å². The standard InChI is InChI=1S/C26H27ClN4O3/c1-18(32)28-24(17-20-9-6-8-19-7-2-3-10-21(19)20)25(33)30-13-15-31(16-14-30)26(34)29-23-12-5-4-11-22(23)27/h2-12,24H,13-17H2,1H3,(H,28,32)(H,29,34). The summed E-state index contributed by atoms with van der Waals surface area (Å²) in [5, 5.41) is 8.27. The average Bonchev–Trinajstić information content (AvgIpc) is 2.84. The van der Waals surface area contributed by atoms with Gasteiger partial charge in [-0.15, -0.1) is 0 Å². The van der Waals surface area contributed by atoms with Crippen LogP contribution in [0.3, 0.4) is 0 Å². The molecule has 0 spiro atoms. The normalized spacial score (nSPS) is 14.5. The molecule has 0 saturated carbocycles. The molecule has 4 amide bonds. The SMILES string of the molecule is CC(=O)NC(Cc1cccc2ccccc12)C(=O)N1CCN(C(=O)Nc2ccccc2Cl)CC1. The Morgan fingerprint density at radius 2 is 1.53 bits per heavy atom. The van der Waals surface area contributed by atoms with Gasteiger partial charge in [-0.1, -0.05) is 66.2 Å². The zero-order valence-corrected chi connectivity index (χ0v) is 19.7. The molecular weight excluding hydrogens is 452 g/mol. The topological polar surface area (TPSA) is 81.8 Å². The Bertz CT molecular complexity index is 1200. The predicted octanol–water partition coefficient (Wildman–Crippen LogP) is 3.92. The smallest absolute Gasteiger partial charge is 0.322 e. The summed E-state index contributed by atoms with van der Waals surface area (Å²) in [6, 6.07) is 20.1. The predicted molar refractivity (Wildman–Crippen MR) is 134 cm³/mol. The summed E-state index contributed by atoms with van der Waals surface area (Å²) in [5.41, 5.74) is 1.55. The van der Waals surface area contributed by atoms with Gasteiger partial charge in [0, 0.05) is 39.5 Å². The number of carbonyl (C=O) groups is 3. The number of hydrogen-bond donors (Lipinski definition) is 2. The van der Waals surface area contributed by atoms with Gasteiger partial charge in [-0.25, -0.2) is 4.79 Å². The van der Waals surface area contributed by atoms with Crippen LogP contribution < -0.4 is 10.6 Å². The minimum absolute atomic E-state index is 0.144. The molecule has 4 rings (SSSR count). The number of piperazine rings is 1. The molecule has 1 aliphatic rings. The number of halogens is 1. The summed E-state index contributed by atoms with van der Waals surface area (Å²) in [6.07, 6.45) is 0.396. The molecule has 176 valence electrons. The fraction of sp³-hybridized carbons (Fsp3) is 0.269. The highest BCUT2D eigenvalue weighted by Crippen LogP contribution is 2.22. The van der Waals surface area contributed by atoms with Gasteiger partial charge in [0.1, 0.15) is 6.04 Å². The summed E-state index contributed by atoms with van der Waals surface area (Å²) >= 11 is 6.13. The lowest BCUT2D eigenvalue weighted by Crippen LogP contribution is -2.56. The molecule has 2 N–H and O–H groups in total. The molecule has 1 aliphatic heterocycles. The van der Waals surface area contributed by atoms with Gasteiger partial charge < -0.3 is 20.4 Å². The minimum Gasteiger partial charge on any atom is -0.344 e. The van der Waals surface area contributed by atoms with Gasteiger partial charge in [0.15, 0.2) is 0 Å². The van der Waals surface area contributed by atoms with E-state index in [9.17, 15) is 14.4 Å². The second kappa shape index (κ2) is 10.6. The molecule has 0 aliphatic carbocycles. The van der Waals surface area contributed by atoms with Crippen LogP contribution in [0.15, 0.2) is 66.7 Å². The van der Waals surface area contributed by atoms with E-state index in [4.69, 9.17) is 11.6 Å². The molecule has 7 nitrogen and oxygen atoms in total. The van der Waals surface area contributed by atoms with Gasteiger partial charge in [-0.2, -0.15) is 0 Å². The molecule has 3 aromatic carbocycles. The first-order valence-electron chi connectivity index (χ1n) is 11.3. The molecule has 1 fully saturated rings. The van der Waals surface area contributed by atoms with E-state index in [2.05, 4.69) is 10.6 Å². The van der Waals surface area contributed by atoms with Crippen LogP contribution in [-0.4, -0.2) is 59.9 Å². The van der Waals surface area contributed by atoms with Crippen molar-refractivity contribution < 1.29 is 14.4 Å². The second-order valence-corrected chi connectivity index (χ2v) is 8.73. The first-order valence-corrected chi connectivity index (χ1v) is 11.6. The molecule has 34 heavy (non-hydrogen) atoms. The van der Waals surface area contributed by atoms with E-state index in [1.165, 1.54) is 6.92 Å². The summed E-state index contributed by atoms with van der Waals surface area (Å²) in [6.45, 7) is 2.98. The number of rotatable bonds is 5. The minimum atomic E-state index is -0.674. The van der Waals surface area contributed by atoms with Crippen molar-refractivity contribution in [3.8, 4) is 0 Å². The first kappa shape index (κ1) is 23.6. The lowest BCUT2D eigenvalue weighted by Gasteiger charge is -2.36. The van der Waals surface area contributed by atoms with Crippen molar-refractivity contribution in [2.75, 3.05) is 31.5 Å². The van der Waals surface area contributed by atoms with Gasteiger partial charge in [0.05, 0.1) is 10.7 Å². The fourth-order valence-corrected chi connectivity index (χ4v) is 4.43. The van der Waals surface area contributed by atoms with Gasteiger partial charge in [0.2, 0.25) is 11.8 Å². The summed E-state index contributed by atoms with van der Waals surface area (Å²) in [4.78, 5) is 41.3. The molecule has 3 aromatic rings. The number of benzene rings is 3. The van der Waals surface area contributed by atoms with Gasteiger partial charge in [0.25, 0.3) is 0 Å². The molecule has 1 heterocycles. The summed E-state index contributed by atoms with van der Waals surface area (Å²) < 4.78 is 0. The quantitative estimate of drug-likeness (QED) is 0.583. The molecule has 0 aromatic heterocycles. The first-order chi connectivity index (χ1) is 16.4. The maximum Gasteiger partial charge on any atom is 0.322 e. The third-order valence-corrected chi connectivity index (χ3v) is 6.30. The highest BCUT2D eigenvalue weighted by atomic mass is 35.5. The maximum atomic E-state index is 13.4. The van der Waals surface area contributed by atoms with Crippen molar-refractivity contribution in [1.82, 2.24) is 15.1 Å². The van der Waals surface area contributed by atoms with E-state index in [1.54, 1.807) is 34.1 Å². The van der Waals surface area contributed by atoms with Gasteiger partial charge >= 0.3 is 6.03 Å². The molecular formula is C26H27ClN4O3. The van der Waals surface area contributed by atoms with Crippen LogP contribution in [0.25, 0.3) is 10.8 Å². The Balaban J connectivity index is 1.41. The van der Waals surface area contributed by atoms with Crippen LogP contribution in [0, 0.1) is 0 Å². The van der Waals surface area contributed by atoms with E-state index in [0.717, 1.165) is 16.3 Å². The van der Waals surface area contributed by atoms with Crippen molar-refractivity contribution in [3.05, 3.63) is 77.3 Å². The maximum absolute atomic E-state index is 13.4. The summed E-state index contributed by atoms with van der Waals surface area (Å²) in [7, 11) is 0. The van der Waals surface area contributed by atoms with Crippen LogP contribution >= 0.6 is 11.6 Å². The Hall–Kier alpha value is -3.58. The van der Waals surface area contributed by atoms with Crippen molar-refractivity contribution in [2.24, 2.45) is 0 Å². The third kappa shape index (κ3) is 5.48. The Morgan fingerprint density at radius 1 is 0.882 bits per heavy atom. The van der Waals surface area contributed by atoms with Crippen LogP contribution in [0.4, 0.5) is 10.5 Å². The number of urea groups is 1. The van der Waals surface area contributed by atoms with Crippen LogP contribution in [0.1, 0.15) is 12.5 Å². The van der Waals surface area contributed by atoms with Crippen molar-refractivity contribution >= 4 is 45.9 Å². The number of hydrogen-bond acceptors (Lipinski definition) is 3. The van der Waals surface area contributed by atoms with Crippen molar-refractivity contribution in [1.29, 1.82) is 0 Å². The highest BCUT2D eigenvalue weighted by Gasteiger charge is 2.30. The fourth-order valence-electron chi connectivity index (χ4n) is 4.24. The van der Waals surface area contributed by atoms with E-state index < -0.39 is 6.04 Å². The zero-order chi connectivity index (χ0) is 24.1. The molecule has 0 radical (unpaired) electrons. The molecule has 1 atom stereocenters. The molecule has 0 bridgehead atoms. The number of nitrogens with zero attached hydrogens (tertiary/aromatic N) is 2. The van der Waals surface area contributed by atoms with E-state index in [-0.39, 0.29) is 17.8 Å². The number of carbonyl (C=O) groups excluding carboxylic acids is 3. The number of amides is 4. The monoisotopic (exact) mass is 478 g/mol. The lowest BCUT2D eigenvalue weighted by atomic mass is 9.98.